The van der Waals surface area contributed by atoms with Gasteiger partial charge in [0.15, 0.2) is 0 Å². The number of rotatable bonds is 10. The highest BCUT2D eigenvalue weighted by molar-refractivity contribution is 7.93. The van der Waals surface area contributed by atoms with Crippen LogP contribution in [0.3, 0.4) is 0 Å². The Morgan fingerprint density at radius 3 is 2.33 bits per heavy atom. The number of halogens is 1. The predicted octanol–water partition coefficient (Wildman–Crippen LogP) is 2.98. The van der Waals surface area contributed by atoms with Gasteiger partial charge in [-0.05, 0) is 25.1 Å². The maximum absolute atomic E-state index is 13.4. The van der Waals surface area contributed by atoms with Gasteiger partial charge in [-0.1, -0.05) is 24.6 Å². The second-order valence-electron chi connectivity index (χ2n) is 7.93. The zero-order valence-corrected chi connectivity index (χ0v) is 21.6. The third kappa shape index (κ3) is 5.11. The van der Waals surface area contributed by atoms with Gasteiger partial charge in [-0.25, -0.2) is 18.4 Å². The molecule has 4 aromatic rings. The third-order valence-electron chi connectivity index (χ3n) is 5.73. The van der Waals surface area contributed by atoms with Crippen LogP contribution in [0.1, 0.15) is 37.1 Å². The van der Waals surface area contributed by atoms with Crippen molar-refractivity contribution in [1.82, 2.24) is 34.9 Å². The van der Waals surface area contributed by atoms with Gasteiger partial charge in [-0.2, -0.15) is 5.10 Å². The SMILES string of the molecule is COc1cccc(OC)c1-n1c(Cc2cc[nH]n2)nnc1NS(=O)(=O)[C@@H](C)[C@H](C)c1ncc(Cl)cn1. The van der Waals surface area contributed by atoms with E-state index in [1.807, 2.05) is 0 Å². The normalized spacial score (nSPS) is 13.2. The van der Waals surface area contributed by atoms with Gasteiger partial charge in [-0.15, -0.1) is 10.2 Å². The molecule has 36 heavy (non-hydrogen) atoms. The van der Waals surface area contributed by atoms with Crippen LogP contribution in [0.5, 0.6) is 11.5 Å². The van der Waals surface area contributed by atoms with Crippen LogP contribution in [0.2, 0.25) is 5.02 Å². The topological polar surface area (TPSA) is 150 Å². The number of benzene rings is 1. The molecule has 2 atom stereocenters. The molecular formula is C22H25ClN8O4S. The van der Waals surface area contributed by atoms with Crippen molar-refractivity contribution < 1.29 is 17.9 Å². The molecule has 3 aromatic heterocycles. The van der Waals surface area contributed by atoms with Crippen LogP contribution in [0.4, 0.5) is 5.95 Å². The van der Waals surface area contributed by atoms with Gasteiger partial charge >= 0.3 is 0 Å². The molecule has 12 nitrogen and oxygen atoms in total. The van der Waals surface area contributed by atoms with Gasteiger partial charge in [0.1, 0.15) is 28.8 Å². The van der Waals surface area contributed by atoms with Crippen molar-refractivity contribution >= 4 is 27.6 Å². The minimum absolute atomic E-state index is 0.0283. The lowest BCUT2D eigenvalue weighted by atomic mass is 10.1. The molecule has 3 heterocycles. The van der Waals surface area contributed by atoms with Gasteiger partial charge < -0.3 is 9.47 Å². The zero-order valence-electron chi connectivity index (χ0n) is 20.0. The molecule has 0 aliphatic rings. The average Bonchev–Trinajstić information content (AvgIpc) is 3.53. The summed E-state index contributed by atoms with van der Waals surface area (Å²) in [4.78, 5) is 8.33. The molecular weight excluding hydrogens is 508 g/mol. The molecule has 0 saturated heterocycles. The number of sulfonamides is 1. The fourth-order valence-electron chi connectivity index (χ4n) is 3.59. The van der Waals surface area contributed by atoms with E-state index >= 15 is 0 Å². The lowest BCUT2D eigenvalue weighted by Gasteiger charge is -2.21. The number of methoxy groups -OCH3 is 2. The summed E-state index contributed by atoms with van der Waals surface area (Å²) in [6, 6.07) is 7.02. The zero-order chi connectivity index (χ0) is 25.9. The van der Waals surface area contributed by atoms with Gasteiger partial charge in [-0.3, -0.25) is 14.4 Å². The van der Waals surface area contributed by atoms with Crippen LogP contribution in [0.25, 0.3) is 5.69 Å². The van der Waals surface area contributed by atoms with E-state index in [-0.39, 0.29) is 12.4 Å². The highest BCUT2D eigenvalue weighted by atomic mass is 35.5. The van der Waals surface area contributed by atoms with Crippen molar-refractivity contribution in [3.8, 4) is 17.2 Å². The first-order valence-electron chi connectivity index (χ1n) is 10.9. The predicted molar refractivity (Wildman–Crippen MR) is 133 cm³/mol. The van der Waals surface area contributed by atoms with E-state index in [1.54, 1.807) is 48.9 Å². The smallest absolute Gasteiger partial charge is 0.243 e. The van der Waals surface area contributed by atoms with Crippen LogP contribution in [0.15, 0.2) is 42.9 Å². The van der Waals surface area contributed by atoms with E-state index in [0.29, 0.717) is 39.6 Å². The molecule has 190 valence electrons. The van der Waals surface area contributed by atoms with E-state index < -0.39 is 21.2 Å². The number of hydrogen-bond donors (Lipinski definition) is 2. The van der Waals surface area contributed by atoms with Crippen LogP contribution < -0.4 is 14.2 Å². The molecule has 0 fully saturated rings. The first-order chi connectivity index (χ1) is 17.2. The Balaban J connectivity index is 1.76. The second kappa shape index (κ2) is 10.5. The van der Waals surface area contributed by atoms with Crippen molar-refractivity contribution in [2.24, 2.45) is 0 Å². The molecule has 0 aliphatic heterocycles. The number of aromatic amines is 1. The molecule has 14 heteroatoms. The van der Waals surface area contributed by atoms with E-state index in [0.717, 1.165) is 0 Å². The summed E-state index contributed by atoms with van der Waals surface area (Å²) >= 11 is 5.87. The molecule has 0 saturated carbocycles. The highest BCUT2D eigenvalue weighted by Gasteiger charge is 2.32. The molecule has 0 unspecified atom stereocenters. The maximum atomic E-state index is 13.4. The van der Waals surface area contributed by atoms with Crippen molar-refractivity contribution in [1.29, 1.82) is 0 Å². The Labute approximate surface area is 213 Å². The number of hydrogen-bond acceptors (Lipinski definition) is 9. The number of H-pyrrole nitrogens is 1. The summed E-state index contributed by atoms with van der Waals surface area (Å²) in [5, 5.41) is 14.8. The van der Waals surface area contributed by atoms with Crippen molar-refractivity contribution in [3.63, 3.8) is 0 Å². The lowest BCUT2D eigenvalue weighted by Crippen LogP contribution is -2.31. The molecule has 0 aliphatic carbocycles. The fourth-order valence-corrected chi connectivity index (χ4v) is 4.92. The standard InChI is InChI=1S/C22H25ClN8O4S/c1-13(21-24-11-15(23)12-25-21)14(2)36(32,33)30-22-29-28-19(10-16-8-9-26-27-16)31(22)20-17(34-3)6-5-7-18(20)35-4/h5-9,11-14H,10H2,1-4H3,(H,26,27)(H,29,30)/t13-,14-/m0/s1. The van der Waals surface area contributed by atoms with Crippen LogP contribution in [-0.2, 0) is 16.4 Å². The molecule has 0 radical (unpaired) electrons. The largest absolute Gasteiger partial charge is 0.494 e. The number of aromatic nitrogens is 7. The monoisotopic (exact) mass is 532 g/mol. The average molecular weight is 533 g/mol. The van der Waals surface area contributed by atoms with Crippen molar-refractivity contribution in [2.75, 3.05) is 18.9 Å². The Bertz CT molecular complexity index is 1400. The third-order valence-corrected chi connectivity index (χ3v) is 7.78. The molecule has 2 N–H and O–H groups in total. The molecule has 0 amide bonds. The first-order valence-corrected chi connectivity index (χ1v) is 12.8. The van der Waals surface area contributed by atoms with Gasteiger partial charge in [0, 0.05) is 24.5 Å². The Hall–Kier alpha value is -3.71. The summed E-state index contributed by atoms with van der Waals surface area (Å²) in [6.45, 7) is 3.30. The van der Waals surface area contributed by atoms with Crippen molar-refractivity contribution in [2.45, 2.75) is 31.4 Å². The summed E-state index contributed by atoms with van der Waals surface area (Å²) < 4.78 is 42.2. The van der Waals surface area contributed by atoms with E-state index in [4.69, 9.17) is 21.1 Å². The van der Waals surface area contributed by atoms with Crippen LogP contribution in [-0.4, -0.2) is 62.8 Å². The van der Waals surface area contributed by atoms with Crippen molar-refractivity contribution in [3.05, 3.63) is 65.2 Å². The quantitative estimate of drug-likeness (QED) is 0.314. The van der Waals surface area contributed by atoms with E-state index in [1.165, 1.54) is 26.6 Å². The Kier molecular flexibility index (Phi) is 7.40. The molecule has 0 spiro atoms. The van der Waals surface area contributed by atoms with Gasteiger partial charge in [0.2, 0.25) is 16.0 Å². The number of nitrogens with one attached hydrogen (secondary N) is 2. The van der Waals surface area contributed by atoms with Gasteiger partial charge in [0.25, 0.3) is 0 Å². The number of nitrogens with zero attached hydrogens (tertiary/aromatic N) is 6. The van der Waals surface area contributed by atoms with Gasteiger partial charge in [0.05, 0.1) is 36.6 Å². The summed E-state index contributed by atoms with van der Waals surface area (Å²) in [7, 11) is -0.960. The van der Waals surface area contributed by atoms with Crippen LogP contribution >= 0.6 is 11.6 Å². The summed E-state index contributed by atoms with van der Waals surface area (Å²) in [5.74, 6) is 1.08. The maximum Gasteiger partial charge on any atom is 0.243 e. The summed E-state index contributed by atoms with van der Waals surface area (Å²) in [6.07, 6.45) is 4.81. The molecule has 4 rings (SSSR count). The Morgan fingerprint density at radius 1 is 1.08 bits per heavy atom. The van der Waals surface area contributed by atoms with E-state index in [2.05, 4.69) is 35.1 Å². The number of ether oxygens (including phenoxy) is 2. The minimum atomic E-state index is -3.98. The second-order valence-corrected chi connectivity index (χ2v) is 10.4. The van der Waals surface area contributed by atoms with Crippen LogP contribution in [0, 0.1) is 0 Å². The molecule has 0 bridgehead atoms. The lowest BCUT2D eigenvalue weighted by molar-refractivity contribution is 0.390. The highest BCUT2D eigenvalue weighted by Crippen LogP contribution is 2.36. The fraction of sp³-hybridized carbons (Fsp3) is 0.318. The summed E-state index contributed by atoms with van der Waals surface area (Å²) in [5.41, 5.74) is 1.13. The number of para-hydroxylation sites is 1. The Morgan fingerprint density at radius 2 is 1.75 bits per heavy atom. The van der Waals surface area contributed by atoms with E-state index in [9.17, 15) is 8.42 Å². The first kappa shape index (κ1) is 25.4. The minimum Gasteiger partial charge on any atom is -0.494 e. The number of anilines is 1. The molecule has 1 aromatic carbocycles.